The maximum atomic E-state index is 12.7. The van der Waals surface area contributed by atoms with Crippen LogP contribution in [-0.4, -0.2) is 49.7 Å². The van der Waals surface area contributed by atoms with Crippen molar-refractivity contribution in [3.05, 3.63) is 36.4 Å². The van der Waals surface area contributed by atoms with Gasteiger partial charge in [-0.25, -0.2) is 9.97 Å². The third-order valence-corrected chi connectivity index (χ3v) is 4.52. The van der Waals surface area contributed by atoms with Crippen molar-refractivity contribution in [2.24, 2.45) is 0 Å². The topological polar surface area (TPSA) is 75.9 Å². The number of hydrogen-bond acceptors (Lipinski definition) is 5. The molecule has 134 valence electrons. The molecule has 1 aliphatic heterocycles. The van der Waals surface area contributed by atoms with E-state index in [1.54, 1.807) is 18.5 Å². The number of nitrogens with one attached hydrogen (secondary N) is 1. The van der Waals surface area contributed by atoms with Crippen LogP contribution in [-0.2, 0) is 11.3 Å². The van der Waals surface area contributed by atoms with E-state index in [9.17, 15) is 4.79 Å². The number of aromatic nitrogens is 4. The van der Waals surface area contributed by atoms with E-state index in [0.29, 0.717) is 18.9 Å². The Hall–Kier alpha value is -2.44. The van der Waals surface area contributed by atoms with Crippen LogP contribution in [0.15, 0.2) is 30.9 Å². The molecule has 1 amide bonds. The number of hydrogen-bond donors (Lipinski definition) is 1. The van der Waals surface area contributed by atoms with E-state index in [-0.39, 0.29) is 11.9 Å². The number of amides is 1. The average molecular weight is 342 g/mol. The number of nitrogens with zero attached hydrogens (tertiary/aromatic N) is 5. The molecule has 3 rings (SSSR count). The number of piperidine rings is 1. The summed E-state index contributed by atoms with van der Waals surface area (Å²) in [6.07, 6.45) is 12.0. The lowest BCUT2D eigenvalue weighted by Crippen LogP contribution is -2.46. The summed E-state index contributed by atoms with van der Waals surface area (Å²) in [4.78, 5) is 22.9. The lowest BCUT2D eigenvalue weighted by Gasteiger charge is -2.36. The van der Waals surface area contributed by atoms with Crippen molar-refractivity contribution in [1.82, 2.24) is 24.6 Å². The summed E-state index contributed by atoms with van der Waals surface area (Å²) in [5, 5.41) is 7.52. The molecular formula is C18H26N6O. The van der Waals surface area contributed by atoms with E-state index in [4.69, 9.17) is 0 Å². The lowest BCUT2D eigenvalue weighted by molar-refractivity contribution is -0.135. The van der Waals surface area contributed by atoms with Crippen LogP contribution in [0.3, 0.4) is 0 Å². The SMILES string of the molecule is Cc1cnn(C[C@H]2CCCCN2C(=O)CCCNc2ncccn2)c1. The second kappa shape index (κ2) is 8.60. The minimum atomic E-state index is 0.240. The van der Waals surface area contributed by atoms with Crippen LogP contribution in [0.5, 0.6) is 0 Å². The third-order valence-electron chi connectivity index (χ3n) is 4.52. The summed E-state index contributed by atoms with van der Waals surface area (Å²) in [6.45, 7) is 4.39. The highest BCUT2D eigenvalue weighted by Crippen LogP contribution is 2.20. The average Bonchev–Trinajstić information content (AvgIpc) is 3.05. The second-order valence-corrected chi connectivity index (χ2v) is 6.58. The Morgan fingerprint density at radius 2 is 2.16 bits per heavy atom. The van der Waals surface area contributed by atoms with E-state index in [0.717, 1.165) is 37.9 Å². The first-order chi connectivity index (χ1) is 12.2. The first-order valence-electron chi connectivity index (χ1n) is 9.02. The van der Waals surface area contributed by atoms with Gasteiger partial charge < -0.3 is 10.2 Å². The zero-order valence-electron chi connectivity index (χ0n) is 14.8. The highest BCUT2D eigenvalue weighted by molar-refractivity contribution is 5.76. The molecule has 0 saturated carbocycles. The molecule has 0 spiro atoms. The molecule has 0 aliphatic carbocycles. The maximum Gasteiger partial charge on any atom is 0.222 e. The number of rotatable bonds is 7. The van der Waals surface area contributed by atoms with Crippen molar-refractivity contribution in [3.8, 4) is 0 Å². The number of carbonyl (C=O) groups excluding carboxylic acids is 1. The molecule has 2 aromatic heterocycles. The molecule has 3 heterocycles. The smallest absolute Gasteiger partial charge is 0.222 e. The number of aryl methyl sites for hydroxylation is 1. The van der Waals surface area contributed by atoms with Crippen molar-refractivity contribution in [2.75, 3.05) is 18.4 Å². The molecule has 25 heavy (non-hydrogen) atoms. The Labute approximate surface area is 148 Å². The normalized spacial score (nSPS) is 17.5. The zero-order chi connectivity index (χ0) is 17.5. The first kappa shape index (κ1) is 17.4. The van der Waals surface area contributed by atoms with Gasteiger partial charge >= 0.3 is 0 Å². The number of likely N-dealkylation sites (tertiary alicyclic amines) is 1. The van der Waals surface area contributed by atoms with Crippen LogP contribution >= 0.6 is 0 Å². The lowest BCUT2D eigenvalue weighted by atomic mass is 10.0. The summed E-state index contributed by atoms with van der Waals surface area (Å²) < 4.78 is 1.96. The monoisotopic (exact) mass is 342 g/mol. The molecule has 1 fully saturated rings. The van der Waals surface area contributed by atoms with Gasteiger partial charge in [-0.2, -0.15) is 5.10 Å². The van der Waals surface area contributed by atoms with Crippen molar-refractivity contribution in [3.63, 3.8) is 0 Å². The van der Waals surface area contributed by atoms with Gasteiger partial charge in [-0.3, -0.25) is 9.48 Å². The fourth-order valence-corrected chi connectivity index (χ4v) is 3.28. The van der Waals surface area contributed by atoms with Gasteiger partial charge in [0.15, 0.2) is 0 Å². The van der Waals surface area contributed by atoms with E-state index < -0.39 is 0 Å². The zero-order valence-corrected chi connectivity index (χ0v) is 14.8. The Morgan fingerprint density at radius 3 is 2.92 bits per heavy atom. The minimum Gasteiger partial charge on any atom is -0.354 e. The number of anilines is 1. The van der Waals surface area contributed by atoms with Crippen LogP contribution < -0.4 is 5.32 Å². The van der Waals surface area contributed by atoms with Crippen LogP contribution in [0.4, 0.5) is 5.95 Å². The largest absolute Gasteiger partial charge is 0.354 e. The first-order valence-corrected chi connectivity index (χ1v) is 9.02. The molecular weight excluding hydrogens is 316 g/mol. The third kappa shape index (κ3) is 5.01. The highest BCUT2D eigenvalue weighted by Gasteiger charge is 2.26. The van der Waals surface area contributed by atoms with Gasteiger partial charge in [0.05, 0.1) is 18.8 Å². The molecule has 1 atom stereocenters. The van der Waals surface area contributed by atoms with Crippen molar-refractivity contribution in [2.45, 2.75) is 51.6 Å². The Bertz CT molecular complexity index is 671. The molecule has 0 radical (unpaired) electrons. The molecule has 0 unspecified atom stereocenters. The van der Waals surface area contributed by atoms with Crippen molar-refractivity contribution in [1.29, 1.82) is 0 Å². The van der Waals surface area contributed by atoms with Gasteiger partial charge in [-0.1, -0.05) is 0 Å². The van der Waals surface area contributed by atoms with E-state index in [1.165, 1.54) is 6.42 Å². The predicted octanol–water partition coefficient (Wildman–Crippen LogP) is 2.25. The van der Waals surface area contributed by atoms with Gasteiger partial charge in [0.25, 0.3) is 0 Å². The fraction of sp³-hybridized carbons (Fsp3) is 0.556. The van der Waals surface area contributed by atoms with Gasteiger partial charge in [0.1, 0.15) is 0 Å². The van der Waals surface area contributed by atoms with Crippen molar-refractivity contribution < 1.29 is 4.79 Å². The van der Waals surface area contributed by atoms with E-state index in [1.807, 2.05) is 24.0 Å². The van der Waals surface area contributed by atoms with Gasteiger partial charge in [-0.15, -0.1) is 0 Å². The molecule has 7 heteroatoms. The standard InChI is InChI=1S/C18H26N6O/c1-15-12-22-23(13-15)14-16-6-2-3-11-24(16)17(25)7-4-8-19-18-20-9-5-10-21-18/h5,9-10,12-13,16H,2-4,6-8,11,14H2,1H3,(H,19,20,21)/t16-/m1/s1. The molecule has 1 N–H and O–H groups in total. The van der Waals surface area contributed by atoms with Crippen LogP contribution in [0.1, 0.15) is 37.7 Å². The Kier molecular flexibility index (Phi) is 5.98. The van der Waals surface area contributed by atoms with E-state index in [2.05, 4.69) is 25.3 Å². The molecule has 0 aromatic carbocycles. The summed E-state index contributed by atoms with van der Waals surface area (Å²) in [7, 11) is 0. The quantitative estimate of drug-likeness (QED) is 0.781. The summed E-state index contributed by atoms with van der Waals surface area (Å²) in [5.41, 5.74) is 1.16. The van der Waals surface area contributed by atoms with Gasteiger partial charge in [-0.05, 0) is 44.2 Å². The second-order valence-electron chi connectivity index (χ2n) is 6.58. The summed E-state index contributed by atoms with van der Waals surface area (Å²) >= 11 is 0. The molecule has 7 nitrogen and oxygen atoms in total. The maximum absolute atomic E-state index is 12.7. The van der Waals surface area contributed by atoms with Crippen LogP contribution in [0.2, 0.25) is 0 Å². The number of carbonyl (C=O) groups is 1. The Morgan fingerprint density at radius 1 is 1.32 bits per heavy atom. The minimum absolute atomic E-state index is 0.240. The fourth-order valence-electron chi connectivity index (χ4n) is 3.28. The molecule has 1 saturated heterocycles. The molecule has 1 aliphatic rings. The molecule has 0 bridgehead atoms. The summed E-state index contributed by atoms with van der Waals surface area (Å²) in [6, 6.07) is 2.04. The van der Waals surface area contributed by atoms with Crippen LogP contribution in [0, 0.1) is 6.92 Å². The van der Waals surface area contributed by atoms with Crippen molar-refractivity contribution >= 4 is 11.9 Å². The highest BCUT2D eigenvalue weighted by atomic mass is 16.2. The summed E-state index contributed by atoms with van der Waals surface area (Å²) in [5.74, 6) is 0.851. The van der Waals surface area contributed by atoms with Gasteiger partial charge in [0.2, 0.25) is 11.9 Å². The van der Waals surface area contributed by atoms with Gasteiger partial charge in [0, 0.05) is 38.1 Å². The predicted molar refractivity (Wildman–Crippen MR) is 96.1 cm³/mol. The Balaban J connectivity index is 1.47. The van der Waals surface area contributed by atoms with Crippen LogP contribution in [0.25, 0.3) is 0 Å². The molecule has 2 aromatic rings. The van der Waals surface area contributed by atoms with E-state index >= 15 is 0 Å².